The van der Waals surface area contributed by atoms with Gasteiger partial charge in [-0.2, -0.15) is 0 Å². The minimum absolute atomic E-state index is 0.0311. The molecule has 1 N–H and O–H groups in total. The van der Waals surface area contributed by atoms with Crippen molar-refractivity contribution in [2.24, 2.45) is 16.9 Å². The Morgan fingerprint density at radius 1 is 1.12 bits per heavy atom. The maximum atomic E-state index is 6.82. The summed E-state index contributed by atoms with van der Waals surface area (Å²) in [6, 6.07) is 14.9. The summed E-state index contributed by atoms with van der Waals surface area (Å²) in [5, 5.41) is 4.80. The standard InChI is InChI=1S/C27H38N2O2Si.Cr/c1-19-14-15-21(27(2,3)20-11-8-7-9-12-20)24(17-19)31-18-22-25(23-13-10-16-30-23)26(29-28-22)32(4,5)6;/h7-13,16,19,21,24-26,29H,14-15,17H2,1-6H3;/t19-,21-,24-,25+,26+;/m1./s1. The van der Waals surface area contributed by atoms with Crippen LogP contribution in [0.25, 0.3) is 0 Å². The third-order valence-electron chi connectivity index (χ3n) is 7.70. The fourth-order valence-corrected chi connectivity index (χ4v) is 7.88. The van der Waals surface area contributed by atoms with Crippen LogP contribution in [0.3, 0.4) is 0 Å². The van der Waals surface area contributed by atoms with Gasteiger partial charge in [0, 0.05) is 0 Å². The molecule has 1 fully saturated rings. The van der Waals surface area contributed by atoms with Crippen LogP contribution in [-0.4, -0.2) is 30.1 Å². The molecule has 4 rings (SSSR count). The molecule has 2 aromatic rings. The van der Waals surface area contributed by atoms with Crippen molar-refractivity contribution in [1.29, 1.82) is 0 Å². The van der Waals surface area contributed by atoms with Crippen LogP contribution < -0.4 is 5.43 Å². The van der Waals surface area contributed by atoms with Crippen molar-refractivity contribution in [3.05, 3.63) is 60.1 Å². The molecule has 1 aromatic carbocycles. The van der Waals surface area contributed by atoms with Gasteiger partial charge in [0.25, 0.3) is 0 Å². The molecule has 2 aliphatic rings. The second-order valence-corrected chi connectivity index (χ2v) is 17.5. The van der Waals surface area contributed by atoms with E-state index in [1.54, 1.807) is 6.26 Å². The quantitative estimate of drug-likeness (QED) is 0.469. The summed E-state index contributed by atoms with van der Waals surface area (Å²) in [7, 11) is -1.55. The molecule has 6 heteroatoms. The van der Waals surface area contributed by atoms with E-state index in [1.165, 1.54) is 18.4 Å². The number of hydrogen-bond donors (Lipinski definition) is 1. The van der Waals surface area contributed by atoms with Crippen molar-refractivity contribution in [3.8, 4) is 0 Å². The Kier molecular flexibility index (Phi) is 7.22. The van der Waals surface area contributed by atoms with Crippen LogP contribution in [0.15, 0.2) is 58.2 Å². The van der Waals surface area contributed by atoms with Crippen molar-refractivity contribution in [2.75, 3.05) is 0 Å². The van der Waals surface area contributed by atoms with E-state index in [0.717, 1.165) is 22.5 Å². The molecule has 1 aliphatic carbocycles. The fourth-order valence-electron chi connectivity index (χ4n) is 5.64. The average molecular weight is 503 g/mol. The summed E-state index contributed by atoms with van der Waals surface area (Å²) in [6.45, 7) is 14.2. The molecule has 0 amide bonds. The van der Waals surface area contributed by atoms with Crippen molar-refractivity contribution in [1.82, 2.24) is 5.43 Å². The van der Waals surface area contributed by atoms with Gasteiger partial charge in [-0.15, -0.1) is 0 Å². The van der Waals surface area contributed by atoms with E-state index in [9.17, 15) is 0 Å². The van der Waals surface area contributed by atoms with Gasteiger partial charge in [-0.05, 0) is 0 Å². The topological polar surface area (TPSA) is 46.8 Å². The first-order valence-corrected chi connectivity index (χ1v) is 16.4. The molecule has 0 bridgehead atoms. The average Bonchev–Trinajstić information content (AvgIpc) is 3.43. The zero-order chi connectivity index (χ0) is 23.8. The Hall–Kier alpha value is -1.45. The molecule has 0 radical (unpaired) electrons. The summed E-state index contributed by atoms with van der Waals surface area (Å²) < 4.78 is 13.5. The zero-order valence-corrected chi connectivity index (χ0v) is 23.1. The summed E-state index contributed by atoms with van der Waals surface area (Å²) in [6.07, 6.45) is 5.39. The predicted octanol–water partition coefficient (Wildman–Crippen LogP) is 6.04. The first kappa shape index (κ1) is 24.7. The van der Waals surface area contributed by atoms with Gasteiger partial charge < -0.3 is 0 Å². The van der Waals surface area contributed by atoms with Crippen LogP contribution in [0, 0.1) is 11.8 Å². The van der Waals surface area contributed by atoms with Gasteiger partial charge in [-0.1, -0.05) is 0 Å². The predicted molar refractivity (Wildman–Crippen MR) is 135 cm³/mol. The number of benzene rings is 1. The second kappa shape index (κ2) is 9.66. The Bertz CT molecular complexity index is 981. The summed E-state index contributed by atoms with van der Waals surface area (Å²) >= 11 is 3.25. The molecule has 178 valence electrons. The van der Waals surface area contributed by atoms with Gasteiger partial charge in [0.05, 0.1) is 0 Å². The molecule has 4 nitrogen and oxygen atoms in total. The van der Waals surface area contributed by atoms with Crippen molar-refractivity contribution < 1.29 is 25.0 Å². The van der Waals surface area contributed by atoms with E-state index >= 15 is 0 Å². The number of hydrazone groups is 1. The first-order chi connectivity index (χ1) is 15.6. The number of ether oxygens (including phenoxy) is 1. The number of nitrogens with one attached hydrogen (secondary N) is 1. The van der Waals surface area contributed by atoms with Gasteiger partial charge in [0.2, 0.25) is 0 Å². The SMILES string of the molecule is C[C@@H]1CC[C@@H](C(C)(C)c2ccccc2)[C@H](O[C](=[Cr])C2=NN[C@@H]([Si](C)(C)C)[C@@H]2c2ccco2)C1. The number of hydrogen-bond acceptors (Lipinski definition) is 4. The van der Waals surface area contributed by atoms with Crippen molar-refractivity contribution in [3.63, 3.8) is 0 Å². The minimum atomic E-state index is -1.55. The van der Waals surface area contributed by atoms with Crippen molar-refractivity contribution >= 4 is 18.4 Å². The normalized spacial score (nSPS) is 28.3. The van der Waals surface area contributed by atoms with Crippen molar-refractivity contribution in [2.45, 2.75) is 82.8 Å². The molecule has 1 aliphatic heterocycles. The number of furan rings is 1. The molecule has 0 spiro atoms. The van der Waals surface area contributed by atoms with E-state index in [0.29, 0.717) is 11.8 Å². The van der Waals surface area contributed by atoms with Crippen LogP contribution in [0.2, 0.25) is 19.6 Å². The fraction of sp³-hybridized carbons (Fsp3) is 0.556. The number of nitrogens with zero attached hydrogens (tertiary/aromatic N) is 1. The molecule has 1 saturated carbocycles. The van der Waals surface area contributed by atoms with E-state index in [-0.39, 0.29) is 23.1 Å². The van der Waals surface area contributed by atoms with E-state index < -0.39 is 8.07 Å². The molecular weight excluding hydrogens is 464 g/mol. The first-order valence-electron chi connectivity index (χ1n) is 12.2. The van der Waals surface area contributed by atoms with Gasteiger partial charge >= 0.3 is 209 Å². The maximum absolute atomic E-state index is 6.82. The second-order valence-electron chi connectivity index (χ2n) is 11.5. The van der Waals surface area contributed by atoms with Gasteiger partial charge in [0.1, 0.15) is 0 Å². The summed E-state index contributed by atoms with van der Waals surface area (Å²) in [5.74, 6) is 2.12. The molecule has 1 aromatic heterocycles. The Balaban J connectivity index is 1.59. The molecular formula is C27H38CrN2O2Si. The van der Waals surface area contributed by atoms with Crippen LogP contribution in [0.4, 0.5) is 0 Å². The van der Waals surface area contributed by atoms with E-state index in [4.69, 9.17) is 14.3 Å². The summed E-state index contributed by atoms with van der Waals surface area (Å²) in [5.41, 5.74) is 6.08. The third kappa shape index (κ3) is 5.15. The van der Waals surface area contributed by atoms with Crippen LogP contribution in [0.5, 0.6) is 0 Å². The zero-order valence-electron chi connectivity index (χ0n) is 20.8. The monoisotopic (exact) mass is 502 g/mol. The Labute approximate surface area is 208 Å². The third-order valence-corrected chi connectivity index (χ3v) is 10.5. The van der Waals surface area contributed by atoms with Gasteiger partial charge in [-0.3, -0.25) is 0 Å². The summed E-state index contributed by atoms with van der Waals surface area (Å²) in [4.78, 5) is 0. The molecule has 2 heterocycles. The van der Waals surface area contributed by atoms with Crippen LogP contribution in [0.1, 0.15) is 57.3 Å². The van der Waals surface area contributed by atoms with E-state index in [1.807, 2.05) is 6.07 Å². The van der Waals surface area contributed by atoms with Gasteiger partial charge in [0.15, 0.2) is 0 Å². The van der Waals surface area contributed by atoms with Gasteiger partial charge in [-0.25, -0.2) is 0 Å². The molecule has 33 heavy (non-hydrogen) atoms. The molecule has 0 unspecified atom stereocenters. The Morgan fingerprint density at radius 3 is 2.48 bits per heavy atom. The molecule has 0 saturated heterocycles. The van der Waals surface area contributed by atoms with Crippen LogP contribution >= 0.6 is 0 Å². The molecule has 5 atom stereocenters. The van der Waals surface area contributed by atoms with E-state index in [2.05, 4.69) is 98.1 Å². The van der Waals surface area contributed by atoms with Crippen LogP contribution in [-0.2, 0) is 26.0 Å². The number of rotatable bonds is 7. The Morgan fingerprint density at radius 2 is 1.85 bits per heavy atom.